The van der Waals surface area contributed by atoms with Gasteiger partial charge in [0, 0.05) is 23.8 Å². The van der Waals surface area contributed by atoms with Crippen LogP contribution in [0.2, 0.25) is 0 Å². The van der Waals surface area contributed by atoms with E-state index in [-0.39, 0.29) is 18.0 Å². The number of anilines is 1. The third-order valence-corrected chi connectivity index (χ3v) is 6.89. The summed E-state index contributed by atoms with van der Waals surface area (Å²) in [5, 5.41) is 0. The van der Waals surface area contributed by atoms with E-state index in [9.17, 15) is 17.6 Å². The summed E-state index contributed by atoms with van der Waals surface area (Å²) in [4.78, 5) is 14.3. The Morgan fingerprint density at radius 2 is 1.53 bits per heavy atom. The van der Waals surface area contributed by atoms with Gasteiger partial charge < -0.3 is 4.90 Å². The summed E-state index contributed by atoms with van der Waals surface area (Å²) in [6, 6.07) is 20.8. The van der Waals surface area contributed by atoms with E-state index in [0.29, 0.717) is 5.69 Å². The van der Waals surface area contributed by atoms with E-state index in [1.165, 1.54) is 48.3 Å². The summed E-state index contributed by atoms with van der Waals surface area (Å²) in [5.41, 5.74) is 1.23. The first-order valence-corrected chi connectivity index (χ1v) is 11.3. The van der Waals surface area contributed by atoms with Gasteiger partial charge in [0.1, 0.15) is 5.82 Å². The number of nitrogens with zero attached hydrogens (tertiary/aromatic N) is 2. The molecule has 3 rings (SSSR count). The van der Waals surface area contributed by atoms with Crippen LogP contribution in [-0.2, 0) is 21.4 Å². The van der Waals surface area contributed by atoms with Gasteiger partial charge in [-0.05, 0) is 54.1 Å². The quantitative estimate of drug-likeness (QED) is 0.491. The van der Waals surface area contributed by atoms with Crippen LogP contribution in [0.15, 0.2) is 88.2 Å². The van der Waals surface area contributed by atoms with E-state index in [1.807, 2.05) is 18.2 Å². The summed E-state index contributed by atoms with van der Waals surface area (Å²) in [5.74, 6) is -0.846. The topological polar surface area (TPSA) is 57.7 Å². The van der Waals surface area contributed by atoms with E-state index in [4.69, 9.17) is 0 Å². The standard InChI is InChI=1S/C22H20BrFN2O3S/c1-25(20-11-9-19(24)10-12-20)22(27)16-26(15-17-5-3-2-4-6-17)30(28,29)21-13-7-18(23)8-14-21/h2-14H,15-16H2,1H3. The molecule has 0 radical (unpaired) electrons. The van der Waals surface area contributed by atoms with Gasteiger partial charge in [-0.15, -0.1) is 0 Å². The largest absolute Gasteiger partial charge is 0.314 e. The molecule has 3 aromatic rings. The van der Waals surface area contributed by atoms with Crippen LogP contribution in [0, 0.1) is 5.82 Å². The molecule has 0 fully saturated rings. The van der Waals surface area contributed by atoms with Gasteiger partial charge >= 0.3 is 0 Å². The molecule has 0 saturated heterocycles. The Bertz CT molecular complexity index is 1110. The predicted octanol–water partition coefficient (Wildman–Crippen LogP) is 4.44. The van der Waals surface area contributed by atoms with Crippen molar-refractivity contribution in [3.63, 3.8) is 0 Å². The average Bonchev–Trinajstić information content (AvgIpc) is 2.74. The van der Waals surface area contributed by atoms with Crippen LogP contribution < -0.4 is 4.90 Å². The molecule has 0 heterocycles. The molecule has 0 aromatic heterocycles. The van der Waals surface area contributed by atoms with Crippen molar-refractivity contribution in [2.45, 2.75) is 11.4 Å². The van der Waals surface area contributed by atoms with Gasteiger partial charge in [0.25, 0.3) is 0 Å². The highest BCUT2D eigenvalue weighted by Gasteiger charge is 2.28. The van der Waals surface area contributed by atoms with Gasteiger partial charge in [0.05, 0.1) is 11.4 Å². The van der Waals surface area contributed by atoms with Crippen molar-refractivity contribution < 1.29 is 17.6 Å². The van der Waals surface area contributed by atoms with Gasteiger partial charge in [-0.1, -0.05) is 46.3 Å². The van der Waals surface area contributed by atoms with E-state index >= 15 is 0 Å². The van der Waals surface area contributed by atoms with Crippen LogP contribution in [0.1, 0.15) is 5.56 Å². The van der Waals surface area contributed by atoms with Crippen molar-refractivity contribution in [2.75, 3.05) is 18.5 Å². The number of hydrogen-bond donors (Lipinski definition) is 0. The van der Waals surface area contributed by atoms with Crippen LogP contribution in [-0.4, -0.2) is 32.2 Å². The molecule has 5 nitrogen and oxygen atoms in total. The number of benzene rings is 3. The molecule has 0 bridgehead atoms. The highest BCUT2D eigenvalue weighted by Crippen LogP contribution is 2.22. The Kier molecular flexibility index (Phi) is 7.02. The average molecular weight is 491 g/mol. The third kappa shape index (κ3) is 5.33. The predicted molar refractivity (Wildman–Crippen MR) is 118 cm³/mol. The molecule has 8 heteroatoms. The number of amides is 1. The molecule has 0 saturated carbocycles. The summed E-state index contributed by atoms with van der Waals surface area (Å²) in [6.07, 6.45) is 0. The summed E-state index contributed by atoms with van der Waals surface area (Å²) >= 11 is 3.30. The lowest BCUT2D eigenvalue weighted by atomic mass is 10.2. The second-order valence-corrected chi connectivity index (χ2v) is 9.50. The Balaban J connectivity index is 1.89. The maximum absolute atomic E-state index is 13.3. The van der Waals surface area contributed by atoms with Crippen molar-refractivity contribution >= 4 is 37.5 Å². The lowest BCUT2D eigenvalue weighted by molar-refractivity contribution is -0.118. The minimum Gasteiger partial charge on any atom is -0.314 e. The Morgan fingerprint density at radius 1 is 0.933 bits per heavy atom. The van der Waals surface area contributed by atoms with Crippen LogP contribution >= 0.6 is 15.9 Å². The van der Waals surface area contributed by atoms with Crippen molar-refractivity contribution in [3.8, 4) is 0 Å². The number of likely N-dealkylation sites (N-methyl/N-ethyl adjacent to an activating group) is 1. The smallest absolute Gasteiger partial charge is 0.243 e. The summed E-state index contributed by atoms with van der Waals surface area (Å²) in [7, 11) is -2.40. The van der Waals surface area contributed by atoms with Crippen molar-refractivity contribution in [1.82, 2.24) is 4.31 Å². The molecular formula is C22H20BrFN2O3S. The normalized spacial score (nSPS) is 11.5. The zero-order chi connectivity index (χ0) is 21.7. The maximum Gasteiger partial charge on any atom is 0.243 e. The van der Waals surface area contributed by atoms with E-state index in [0.717, 1.165) is 14.3 Å². The Hall–Kier alpha value is -2.55. The Morgan fingerprint density at radius 3 is 2.13 bits per heavy atom. The third-order valence-electron chi connectivity index (χ3n) is 4.55. The first kappa shape index (κ1) is 22.1. The van der Waals surface area contributed by atoms with Gasteiger partial charge in [-0.25, -0.2) is 12.8 Å². The van der Waals surface area contributed by atoms with Crippen LogP contribution in [0.5, 0.6) is 0 Å². The lowest BCUT2D eigenvalue weighted by Gasteiger charge is -2.25. The fourth-order valence-electron chi connectivity index (χ4n) is 2.83. The number of carbonyl (C=O) groups is 1. The molecule has 156 valence electrons. The highest BCUT2D eigenvalue weighted by molar-refractivity contribution is 9.10. The number of carbonyl (C=O) groups excluding carboxylic acids is 1. The molecule has 0 aliphatic carbocycles. The first-order valence-electron chi connectivity index (χ1n) is 9.09. The van der Waals surface area contributed by atoms with Gasteiger partial charge in [0.2, 0.25) is 15.9 Å². The Labute approximate surface area is 183 Å². The molecule has 0 aliphatic heterocycles. The lowest BCUT2D eigenvalue weighted by Crippen LogP contribution is -2.41. The van der Waals surface area contributed by atoms with E-state index in [1.54, 1.807) is 24.3 Å². The van der Waals surface area contributed by atoms with Gasteiger partial charge in [-0.3, -0.25) is 4.79 Å². The summed E-state index contributed by atoms with van der Waals surface area (Å²) in [6.45, 7) is -0.316. The second-order valence-electron chi connectivity index (χ2n) is 6.64. The fraction of sp³-hybridized carbons (Fsp3) is 0.136. The van der Waals surface area contributed by atoms with E-state index in [2.05, 4.69) is 15.9 Å². The molecule has 0 N–H and O–H groups in total. The molecule has 0 atom stereocenters. The van der Waals surface area contributed by atoms with Gasteiger partial charge in [-0.2, -0.15) is 4.31 Å². The van der Waals surface area contributed by atoms with E-state index < -0.39 is 21.7 Å². The monoisotopic (exact) mass is 490 g/mol. The zero-order valence-corrected chi connectivity index (χ0v) is 18.6. The fourth-order valence-corrected chi connectivity index (χ4v) is 4.48. The molecular weight excluding hydrogens is 471 g/mol. The van der Waals surface area contributed by atoms with Crippen LogP contribution in [0.4, 0.5) is 10.1 Å². The number of sulfonamides is 1. The second kappa shape index (κ2) is 9.51. The van der Waals surface area contributed by atoms with Crippen LogP contribution in [0.25, 0.3) is 0 Å². The maximum atomic E-state index is 13.3. The van der Waals surface area contributed by atoms with Gasteiger partial charge in [0.15, 0.2) is 0 Å². The molecule has 0 spiro atoms. The minimum absolute atomic E-state index is 0.0439. The number of rotatable bonds is 7. The molecule has 0 aliphatic rings. The first-order chi connectivity index (χ1) is 14.3. The minimum atomic E-state index is -3.93. The van der Waals surface area contributed by atoms with Crippen molar-refractivity contribution in [2.24, 2.45) is 0 Å². The molecule has 30 heavy (non-hydrogen) atoms. The molecule has 3 aromatic carbocycles. The summed E-state index contributed by atoms with van der Waals surface area (Å²) < 4.78 is 41.6. The molecule has 1 amide bonds. The SMILES string of the molecule is CN(C(=O)CN(Cc1ccccc1)S(=O)(=O)c1ccc(Br)cc1)c1ccc(F)cc1. The number of halogens is 2. The van der Waals surface area contributed by atoms with Crippen LogP contribution in [0.3, 0.4) is 0 Å². The number of hydrogen-bond acceptors (Lipinski definition) is 3. The molecule has 0 unspecified atom stereocenters. The van der Waals surface area contributed by atoms with Crippen molar-refractivity contribution in [3.05, 3.63) is 94.7 Å². The zero-order valence-electron chi connectivity index (χ0n) is 16.2. The highest BCUT2D eigenvalue weighted by atomic mass is 79.9. The van der Waals surface area contributed by atoms with Crippen molar-refractivity contribution in [1.29, 1.82) is 0 Å².